The average Bonchev–Trinajstić information content (AvgIpc) is 2.42. The minimum Gasteiger partial charge on any atom is -0.495 e. The van der Waals surface area contributed by atoms with Gasteiger partial charge in [-0.25, -0.2) is 0 Å². The number of amides is 1. The first-order valence-electron chi connectivity index (χ1n) is 6.03. The Morgan fingerprint density at radius 2 is 2.05 bits per heavy atom. The van der Waals surface area contributed by atoms with E-state index in [1.165, 1.54) is 7.11 Å². The Bertz CT molecular complexity index is 656. The summed E-state index contributed by atoms with van der Waals surface area (Å²) in [7, 11) is 1.51. The quantitative estimate of drug-likeness (QED) is 0.851. The van der Waals surface area contributed by atoms with E-state index in [2.05, 4.69) is 5.32 Å². The van der Waals surface area contributed by atoms with Crippen LogP contribution in [0.1, 0.15) is 15.9 Å². The zero-order chi connectivity index (χ0) is 14.7. The molecule has 5 heteroatoms. The first-order valence-corrected chi connectivity index (χ1v) is 6.40. The number of hydrogen-bond donors (Lipinski definition) is 2. The summed E-state index contributed by atoms with van der Waals surface area (Å²) in [4.78, 5) is 12.3. The minimum atomic E-state index is -0.285. The Morgan fingerprint density at radius 3 is 2.70 bits per heavy atom. The Morgan fingerprint density at radius 1 is 1.30 bits per heavy atom. The van der Waals surface area contributed by atoms with Gasteiger partial charge in [0.25, 0.3) is 5.91 Å². The van der Waals surface area contributed by atoms with Crippen molar-refractivity contribution in [3.8, 4) is 5.75 Å². The molecule has 0 atom stereocenters. The van der Waals surface area contributed by atoms with Crippen LogP contribution in [0, 0.1) is 6.92 Å². The SMILES string of the molecule is COc1cccc(C(=O)Nc2ccc(Cl)cc2C)c1N. The summed E-state index contributed by atoms with van der Waals surface area (Å²) < 4.78 is 5.10. The second-order valence-corrected chi connectivity index (χ2v) is 4.77. The molecule has 0 fully saturated rings. The van der Waals surface area contributed by atoms with E-state index >= 15 is 0 Å². The van der Waals surface area contributed by atoms with Gasteiger partial charge in [0.05, 0.1) is 18.4 Å². The minimum absolute atomic E-state index is 0.285. The molecule has 3 N–H and O–H groups in total. The van der Waals surface area contributed by atoms with Gasteiger partial charge in [-0.15, -0.1) is 0 Å². The number of rotatable bonds is 3. The second kappa shape index (κ2) is 5.84. The van der Waals surface area contributed by atoms with Crippen LogP contribution in [-0.4, -0.2) is 13.0 Å². The number of methoxy groups -OCH3 is 1. The van der Waals surface area contributed by atoms with Crippen molar-refractivity contribution in [1.82, 2.24) is 0 Å². The molecule has 2 rings (SSSR count). The molecule has 0 saturated carbocycles. The highest BCUT2D eigenvalue weighted by Gasteiger charge is 2.14. The van der Waals surface area contributed by atoms with Crippen LogP contribution < -0.4 is 15.8 Å². The molecule has 0 saturated heterocycles. The van der Waals surface area contributed by atoms with Crippen molar-refractivity contribution in [1.29, 1.82) is 0 Å². The van der Waals surface area contributed by atoms with Gasteiger partial charge >= 0.3 is 0 Å². The number of hydrogen-bond acceptors (Lipinski definition) is 3. The smallest absolute Gasteiger partial charge is 0.257 e. The summed E-state index contributed by atoms with van der Waals surface area (Å²) >= 11 is 5.89. The zero-order valence-electron chi connectivity index (χ0n) is 11.2. The predicted octanol–water partition coefficient (Wildman–Crippen LogP) is 3.49. The number of nitrogens with one attached hydrogen (secondary N) is 1. The summed E-state index contributed by atoms with van der Waals surface area (Å²) in [5.74, 6) is 0.192. The highest BCUT2D eigenvalue weighted by atomic mass is 35.5. The molecule has 0 heterocycles. The number of carbonyl (C=O) groups is 1. The van der Waals surface area contributed by atoms with E-state index in [1.54, 1.807) is 36.4 Å². The van der Waals surface area contributed by atoms with Crippen LogP contribution in [0.4, 0.5) is 11.4 Å². The van der Waals surface area contributed by atoms with Crippen LogP contribution >= 0.6 is 11.6 Å². The second-order valence-electron chi connectivity index (χ2n) is 4.33. The molecule has 0 aromatic heterocycles. The average molecular weight is 291 g/mol. The van der Waals surface area contributed by atoms with E-state index in [1.807, 2.05) is 6.92 Å². The van der Waals surface area contributed by atoms with Crippen LogP contribution in [0.25, 0.3) is 0 Å². The van der Waals surface area contributed by atoms with Crippen LogP contribution in [0.3, 0.4) is 0 Å². The summed E-state index contributed by atoms with van der Waals surface area (Å²) in [5.41, 5.74) is 8.17. The Hall–Kier alpha value is -2.20. The van der Waals surface area contributed by atoms with Crippen molar-refractivity contribution in [3.63, 3.8) is 0 Å². The molecule has 0 bridgehead atoms. The molecule has 0 aliphatic heterocycles. The standard InChI is InChI=1S/C15H15ClN2O2/c1-9-8-10(16)6-7-12(9)18-15(19)11-4-3-5-13(20-2)14(11)17/h3-8H,17H2,1-2H3,(H,18,19). The van der Waals surface area contributed by atoms with Crippen molar-refractivity contribution in [2.75, 3.05) is 18.2 Å². The molecule has 2 aromatic carbocycles. The number of para-hydroxylation sites is 1. The highest BCUT2D eigenvalue weighted by molar-refractivity contribution is 6.30. The third-order valence-corrected chi connectivity index (χ3v) is 3.20. The number of nitrogens with two attached hydrogens (primary N) is 1. The van der Waals surface area contributed by atoms with E-state index in [0.29, 0.717) is 27.7 Å². The van der Waals surface area contributed by atoms with Gasteiger partial charge in [-0.2, -0.15) is 0 Å². The molecule has 2 aromatic rings. The lowest BCUT2D eigenvalue weighted by Gasteiger charge is -2.12. The topological polar surface area (TPSA) is 64.3 Å². The molecule has 0 radical (unpaired) electrons. The van der Waals surface area contributed by atoms with Crippen LogP contribution in [-0.2, 0) is 0 Å². The lowest BCUT2D eigenvalue weighted by molar-refractivity contribution is 0.102. The molecule has 1 amide bonds. The maximum Gasteiger partial charge on any atom is 0.257 e. The largest absolute Gasteiger partial charge is 0.495 e. The fourth-order valence-corrected chi connectivity index (χ4v) is 2.10. The molecule has 4 nitrogen and oxygen atoms in total. The summed E-state index contributed by atoms with van der Waals surface area (Å²) in [6.07, 6.45) is 0. The van der Waals surface area contributed by atoms with E-state index in [9.17, 15) is 4.79 Å². The van der Waals surface area contributed by atoms with Crippen molar-refractivity contribution in [3.05, 3.63) is 52.5 Å². The monoisotopic (exact) mass is 290 g/mol. The molecule has 0 aliphatic carbocycles. The summed E-state index contributed by atoms with van der Waals surface area (Å²) in [5, 5.41) is 3.44. The van der Waals surface area contributed by atoms with Gasteiger partial charge in [0.15, 0.2) is 0 Å². The van der Waals surface area contributed by atoms with Gasteiger partial charge in [-0.3, -0.25) is 4.79 Å². The molecule has 20 heavy (non-hydrogen) atoms. The third-order valence-electron chi connectivity index (χ3n) is 2.97. The lowest BCUT2D eigenvalue weighted by Crippen LogP contribution is -2.15. The molecule has 104 valence electrons. The van der Waals surface area contributed by atoms with Crippen molar-refractivity contribution in [2.24, 2.45) is 0 Å². The van der Waals surface area contributed by atoms with Crippen LogP contribution in [0.15, 0.2) is 36.4 Å². The number of ether oxygens (including phenoxy) is 1. The highest BCUT2D eigenvalue weighted by Crippen LogP contribution is 2.26. The number of nitrogen functional groups attached to an aromatic ring is 1. The predicted molar refractivity (Wildman–Crippen MR) is 81.5 cm³/mol. The number of anilines is 2. The maximum atomic E-state index is 12.3. The lowest BCUT2D eigenvalue weighted by atomic mass is 10.1. The van der Waals surface area contributed by atoms with Gasteiger partial charge in [-0.05, 0) is 42.8 Å². The van der Waals surface area contributed by atoms with Gasteiger partial charge in [0.2, 0.25) is 0 Å². The van der Waals surface area contributed by atoms with E-state index in [4.69, 9.17) is 22.1 Å². The third kappa shape index (κ3) is 2.86. The molecule has 0 unspecified atom stereocenters. The van der Waals surface area contributed by atoms with E-state index in [0.717, 1.165) is 5.56 Å². The first kappa shape index (κ1) is 14.2. The Kier molecular flexibility index (Phi) is 4.15. The fraction of sp³-hybridized carbons (Fsp3) is 0.133. The van der Waals surface area contributed by atoms with Crippen LogP contribution in [0.5, 0.6) is 5.75 Å². The molecule has 0 aliphatic rings. The summed E-state index contributed by atoms with van der Waals surface area (Å²) in [6.45, 7) is 1.87. The van der Waals surface area contributed by atoms with Crippen molar-refractivity contribution in [2.45, 2.75) is 6.92 Å². The molecular formula is C15H15ClN2O2. The van der Waals surface area contributed by atoms with Crippen molar-refractivity contribution >= 4 is 28.9 Å². The summed E-state index contributed by atoms with van der Waals surface area (Å²) in [6, 6.07) is 10.3. The number of carbonyl (C=O) groups excluding carboxylic acids is 1. The van der Waals surface area contributed by atoms with E-state index < -0.39 is 0 Å². The number of halogens is 1. The normalized spacial score (nSPS) is 10.2. The van der Waals surface area contributed by atoms with Crippen molar-refractivity contribution < 1.29 is 9.53 Å². The van der Waals surface area contributed by atoms with Gasteiger partial charge in [-0.1, -0.05) is 17.7 Å². The maximum absolute atomic E-state index is 12.3. The number of aryl methyl sites for hydroxylation is 1. The van der Waals surface area contributed by atoms with Gasteiger partial charge < -0.3 is 15.8 Å². The molecule has 0 spiro atoms. The van der Waals surface area contributed by atoms with Gasteiger partial charge in [0.1, 0.15) is 5.75 Å². The number of benzene rings is 2. The van der Waals surface area contributed by atoms with Crippen LogP contribution in [0.2, 0.25) is 5.02 Å². The first-order chi connectivity index (χ1) is 9.52. The Balaban J connectivity index is 2.28. The molecular weight excluding hydrogens is 276 g/mol. The van der Waals surface area contributed by atoms with Gasteiger partial charge in [0, 0.05) is 10.7 Å². The van der Waals surface area contributed by atoms with E-state index in [-0.39, 0.29) is 5.91 Å². The Labute approximate surface area is 122 Å². The fourth-order valence-electron chi connectivity index (χ4n) is 1.88. The zero-order valence-corrected chi connectivity index (χ0v) is 12.0.